The summed E-state index contributed by atoms with van der Waals surface area (Å²) < 4.78 is 49.9. The van der Waals surface area contributed by atoms with Crippen molar-refractivity contribution < 1.29 is 26.8 Å². The van der Waals surface area contributed by atoms with Crippen molar-refractivity contribution in [1.82, 2.24) is 14.1 Å². The van der Waals surface area contributed by atoms with E-state index in [4.69, 9.17) is 20.8 Å². The van der Waals surface area contributed by atoms with Crippen LogP contribution >= 0.6 is 11.6 Å². The van der Waals surface area contributed by atoms with Gasteiger partial charge >= 0.3 is 5.97 Å². The molecular formula is C20H19ClFN3O5S. The van der Waals surface area contributed by atoms with Gasteiger partial charge in [0.2, 0.25) is 5.09 Å². The molecule has 0 spiro atoms. The first-order valence-corrected chi connectivity index (χ1v) is 10.8. The van der Waals surface area contributed by atoms with E-state index in [9.17, 15) is 17.6 Å². The van der Waals surface area contributed by atoms with Crippen molar-refractivity contribution in [3.63, 3.8) is 0 Å². The van der Waals surface area contributed by atoms with Gasteiger partial charge in [0.15, 0.2) is 0 Å². The second-order valence-electron chi connectivity index (χ2n) is 6.63. The Balaban J connectivity index is 1.67. The van der Waals surface area contributed by atoms with Crippen LogP contribution in [0, 0.1) is 12.7 Å². The van der Waals surface area contributed by atoms with Gasteiger partial charge in [0.1, 0.15) is 23.3 Å². The van der Waals surface area contributed by atoms with Gasteiger partial charge in [-0.05, 0) is 49.4 Å². The Kier molecular flexibility index (Phi) is 6.63. The molecular weight excluding hydrogens is 449 g/mol. The summed E-state index contributed by atoms with van der Waals surface area (Å²) in [5.74, 6) is -0.881. The zero-order valence-corrected chi connectivity index (χ0v) is 18.4. The van der Waals surface area contributed by atoms with Gasteiger partial charge in [-0.2, -0.15) is 5.10 Å². The molecule has 0 atom stereocenters. The van der Waals surface area contributed by atoms with E-state index in [-0.39, 0.29) is 28.4 Å². The van der Waals surface area contributed by atoms with Crippen molar-refractivity contribution in [2.24, 2.45) is 0 Å². The van der Waals surface area contributed by atoms with Crippen LogP contribution in [0.15, 0.2) is 52.0 Å². The molecule has 0 aliphatic carbocycles. The van der Waals surface area contributed by atoms with Crippen molar-refractivity contribution in [1.29, 1.82) is 0 Å². The van der Waals surface area contributed by atoms with E-state index in [1.54, 1.807) is 6.92 Å². The van der Waals surface area contributed by atoms with Gasteiger partial charge in [0.05, 0.1) is 11.4 Å². The number of hydrogen-bond acceptors (Lipinski definition) is 6. The highest BCUT2D eigenvalue weighted by Gasteiger charge is 2.21. The molecule has 11 heteroatoms. The lowest BCUT2D eigenvalue weighted by Gasteiger charge is -2.07. The van der Waals surface area contributed by atoms with E-state index >= 15 is 0 Å². The van der Waals surface area contributed by atoms with Crippen molar-refractivity contribution in [3.05, 3.63) is 70.5 Å². The minimum atomic E-state index is -3.71. The minimum Gasteiger partial charge on any atom is -0.454 e. The van der Waals surface area contributed by atoms with Crippen molar-refractivity contribution in [3.8, 4) is 5.69 Å². The number of halogens is 2. The number of sulfonamides is 1. The SMILES string of the molecule is Cc1nn(-c2ccc(F)cc2)c(Cl)c1/C=C/C(=O)OCc1ccc(S(=O)(=O)N(C)C)o1. The topological polar surface area (TPSA) is 94.6 Å². The number of hydrogen-bond donors (Lipinski definition) is 0. The lowest BCUT2D eigenvalue weighted by Crippen LogP contribution is -2.21. The van der Waals surface area contributed by atoms with Gasteiger partial charge in [-0.25, -0.2) is 26.6 Å². The molecule has 3 aromatic rings. The Bertz CT molecular complexity index is 1230. The summed E-state index contributed by atoms with van der Waals surface area (Å²) in [7, 11) is -0.941. The summed E-state index contributed by atoms with van der Waals surface area (Å²) in [4.78, 5) is 12.0. The maximum absolute atomic E-state index is 13.1. The molecule has 0 saturated carbocycles. The fraction of sp³-hybridized carbons (Fsp3) is 0.200. The molecule has 0 saturated heterocycles. The van der Waals surface area contributed by atoms with Crippen molar-refractivity contribution in [2.45, 2.75) is 18.6 Å². The molecule has 164 valence electrons. The Hall–Kier alpha value is -2.95. The number of nitrogens with zero attached hydrogens (tertiary/aromatic N) is 3. The molecule has 0 unspecified atom stereocenters. The Morgan fingerprint density at radius 1 is 1.26 bits per heavy atom. The third-order valence-corrected chi connectivity index (χ3v) is 6.29. The second kappa shape index (κ2) is 9.04. The lowest BCUT2D eigenvalue weighted by atomic mass is 10.2. The minimum absolute atomic E-state index is 0.181. The van der Waals surface area contributed by atoms with Crippen LogP contribution in [0.5, 0.6) is 0 Å². The van der Waals surface area contributed by atoms with Crippen LogP contribution in [0.25, 0.3) is 11.8 Å². The van der Waals surface area contributed by atoms with Gasteiger partial charge in [-0.1, -0.05) is 11.6 Å². The van der Waals surface area contributed by atoms with Crippen LogP contribution in [0.3, 0.4) is 0 Å². The number of aromatic nitrogens is 2. The molecule has 8 nitrogen and oxygen atoms in total. The molecule has 3 rings (SSSR count). The first-order valence-electron chi connectivity index (χ1n) is 8.96. The van der Waals surface area contributed by atoms with Gasteiger partial charge in [-0.15, -0.1) is 0 Å². The summed E-state index contributed by atoms with van der Waals surface area (Å²) in [6.07, 6.45) is 2.63. The summed E-state index contributed by atoms with van der Waals surface area (Å²) in [5.41, 5.74) is 1.63. The quantitative estimate of drug-likeness (QED) is 0.389. The van der Waals surface area contributed by atoms with Gasteiger partial charge < -0.3 is 9.15 Å². The Morgan fingerprint density at radius 2 is 1.94 bits per heavy atom. The first-order chi connectivity index (χ1) is 14.6. The predicted molar refractivity (Wildman–Crippen MR) is 112 cm³/mol. The number of esters is 1. The lowest BCUT2D eigenvalue weighted by molar-refractivity contribution is -0.139. The molecule has 0 fully saturated rings. The highest BCUT2D eigenvalue weighted by atomic mass is 35.5. The van der Waals surface area contributed by atoms with Crippen LogP contribution in [0.1, 0.15) is 17.0 Å². The van der Waals surface area contributed by atoms with Gasteiger partial charge in [0.25, 0.3) is 10.0 Å². The largest absolute Gasteiger partial charge is 0.454 e. The third kappa shape index (κ3) is 5.04. The van der Waals surface area contributed by atoms with E-state index in [1.165, 1.54) is 67.3 Å². The summed E-state index contributed by atoms with van der Waals surface area (Å²) in [6.45, 7) is 1.47. The van der Waals surface area contributed by atoms with E-state index in [2.05, 4.69) is 5.10 Å². The number of ether oxygens (including phenoxy) is 1. The van der Waals surface area contributed by atoms with Crippen molar-refractivity contribution >= 4 is 33.7 Å². The number of benzene rings is 1. The molecule has 1 aromatic carbocycles. The molecule has 0 bridgehead atoms. The van der Waals surface area contributed by atoms with Gasteiger partial charge in [0, 0.05) is 25.7 Å². The average molecular weight is 468 g/mol. The highest BCUT2D eigenvalue weighted by Crippen LogP contribution is 2.25. The molecule has 2 heterocycles. The maximum atomic E-state index is 13.1. The van der Waals surface area contributed by atoms with Crippen LogP contribution in [-0.2, 0) is 26.2 Å². The number of carbonyl (C=O) groups is 1. The number of rotatable bonds is 7. The molecule has 0 aliphatic heterocycles. The van der Waals surface area contributed by atoms with Crippen LogP contribution < -0.4 is 0 Å². The molecule has 0 radical (unpaired) electrons. The zero-order chi connectivity index (χ0) is 22.8. The van der Waals surface area contributed by atoms with E-state index in [0.29, 0.717) is 16.9 Å². The third-order valence-electron chi connectivity index (χ3n) is 4.23. The number of carbonyl (C=O) groups excluding carboxylic acids is 1. The molecule has 0 amide bonds. The monoisotopic (exact) mass is 467 g/mol. The highest BCUT2D eigenvalue weighted by molar-refractivity contribution is 7.88. The standard InChI is InChI=1S/C20H19ClFN3O5S/c1-13-17(20(21)25(23-13)15-6-4-14(22)5-7-15)9-10-18(26)29-12-16-8-11-19(30-16)31(27,28)24(2)3/h4-11H,12H2,1-3H3/b10-9+. The first kappa shape index (κ1) is 22.7. The van der Waals surface area contributed by atoms with E-state index in [1.807, 2.05) is 0 Å². The summed E-state index contributed by atoms with van der Waals surface area (Å²) in [6, 6.07) is 8.36. The van der Waals surface area contributed by atoms with Crippen molar-refractivity contribution in [2.75, 3.05) is 14.1 Å². The molecule has 0 aliphatic rings. The fourth-order valence-corrected chi connectivity index (χ4v) is 3.70. The van der Waals surface area contributed by atoms with Crippen LogP contribution in [0.4, 0.5) is 4.39 Å². The second-order valence-corrected chi connectivity index (χ2v) is 9.07. The number of furan rings is 1. The molecule has 2 aromatic heterocycles. The maximum Gasteiger partial charge on any atom is 0.331 e. The predicted octanol–water partition coefficient (Wildman–Crippen LogP) is 3.57. The zero-order valence-electron chi connectivity index (χ0n) is 16.9. The Labute approximate surface area is 183 Å². The van der Waals surface area contributed by atoms with Crippen LogP contribution in [-0.4, -0.2) is 42.6 Å². The van der Waals surface area contributed by atoms with E-state index in [0.717, 1.165) is 4.31 Å². The molecule has 31 heavy (non-hydrogen) atoms. The molecule has 0 N–H and O–H groups in total. The Morgan fingerprint density at radius 3 is 2.58 bits per heavy atom. The summed E-state index contributed by atoms with van der Waals surface area (Å²) >= 11 is 6.36. The normalized spacial score (nSPS) is 12.1. The summed E-state index contributed by atoms with van der Waals surface area (Å²) in [5, 5.41) is 4.31. The van der Waals surface area contributed by atoms with Crippen LogP contribution in [0.2, 0.25) is 5.15 Å². The number of aryl methyl sites for hydroxylation is 1. The van der Waals surface area contributed by atoms with E-state index < -0.39 is 16.0 Å². The average Bonchev–Trinajstić information content (AvgIpc) is 3.31. The fourth-order valence-electron chi connectivity index (χ4n) is 2.55. The van der Waals surface area contributed by atoms with Gasteiger partial charge in [-0.3, -0.25) is 0 Å². The smallest absolute Gasteiger partial charge is 0.331 e.